The Hall–Kier alpha value is -5.84. The van der Waals surface area contributed by atoms with Gasteiger partial charge in [0.2, 0.25) is 0 Å². The molecule has 4 rings (SSSR count). The van der Waals surface area contributed by atoms with Gasteiger partial charge in [-0.05, 0) is 74.1 Å². The first-order chi connectivity index (χ1) is 25.0. The zero-order valence-corrected chi connectivity index (χ0v) is 30.2. The van der Waals surface area contributed by atoms with Crippen molar-refractivity contribution < 1.29 is 33.4 Å². The Balaban J connectivity index is 1.48. The second-order valence-electron chi connectivity index (χ2n) is 13.1. The van der Waals surface area contributed by atoms with E-state index in [1.54, 1.807) is 32.9 Å². The summed E-state index contributed by atoms with van der Waals surface area (Å²) in [5, 5.41) is 8.31. The maximum atomic E-state index is 14.3. The molecule has 0 aromatic heterocycles. The molecule has 0 unspecified atom stereocenters. The van der Waals surface area contributed by atoms with Crippen molar-refractivity contribution in [2.45, 2.75) is 71.9 Å². The van der Waals surface area contributed by atoms with Gasteiger partial charge in [0.15, 0.2) is 0 Å². The van der Waals surface area contributed by atoms with Crippen LogP contribution in [0.3, 0.4) is 0 Å². The van der Waals surface area contributed by atoms with Gasteiger partial charge in [0, 0.05) is 26.1 Å². The van der Waals surface area contributed by atoms with Crippen molar-refractivity contribution in [3.05, 3.63) is 137 Å². The molecule has 0 radical (unpaired) electrons. The van der Waals surface area contributed by atoms with Gasteiger partial charge in [-0.25, -0.2) is 14.4 Å². The van der Waals surface area contributed by atoms with Gasteiger partial charge in [0.25, 0.3) is 5.91 Å². The summed E-state index contributed by atoms with van der Waals surface area (Å²) in [5.74, 6) is 0.100. The molecule has 11 nitrogen and oxygen atoms in total. The minimum atomic E-state index is -1.11. The molecule has 0 heterocycles. The van der Waals surface area contributed by atoms with E-state index in [0.29, 0.717) is 18.8 Å². The highest BCUT2D eigenvalue weighted by Crippen LogP contribution is 2.16. The molecular weight excluding hydrogens is 660 g/mol. The third-order valence-corrected chi connectivity index (χ3v) is 7.76. The third-order valence-electron chi connectivity index (χ3n) is 7.76. The summed E-state index contributed by atoms with van der Waals surface area (Å²) in [6, 6.07) is 31.6. The van der Waals surface area contributed by atoms with E-state index < -0.39 is 35.8 Å². The highest BCUT2D eigenvalue weighted by atomic mass is 16.6. The highest BCUT2D eigenvalue weighted by molar-refractivity contribution is 5.98. The molecule has 3 N–H and O–H groups in total. The SMILES string of the molecule is CCOc1ccc(C[C@@H](NC(=O)OCc2ccccc2)C(=O)N(CCc2ccccc2)C(=O)NCc2ccc(CNC(=O)OC(C)(C)C)cc2)cc1. The smallest absolute Gasteiger partial charge is 0.408 e. The van der Waals surface area contributed by atoms with Crippen molar-refractivity contribution in [3.63, 3.8) is 0 Å². The Kier molecular flexibility index (Phi) is 14.6. The van der Waals surface area contributed by atoms with E-state index in [1.165, 1.54) is 0 Å². The molecule has 11 heteroatoms. The Morgan fingerprint density at radius 2 is 1.23 bits per heavy atom. The summed E-state index contributed by atoms with van der Waals surface area (Å²) in [6.07, 6.45) is -0.769. The van der Waals surface area contributed by atoms with E-state index in [0.717, 1.165) is 32.7 Å². The van der Waals surface area contributed by atoms with Crippen molar-refractivity contribution in [1.29, 1.82) is 0 Å². The van der Waals surface area contributed by atoms with E-state index in [2.05, 4.69) is 16.0 Å². The molecule has 0 bridgehead atoms. The fourth-order valence-electron chi connectivity index (χ4n) is 5.15. The first kappa shape index (κ1) is 39.0. The number of carbonyl (C=O) groups is 4. The van der Waals surface area contributed by atoms with Gasteiger partial charge in [-0.3, -0.25) is 9.69 Å². The number of nitrogens with one attached hydrogen (secondary N) is 3. The molecule has 0 spiro atoms. The van der Waals surface area contributed by atoms with Crippen LogP contribution in [0.4, 0.5) is 14.4 Å². The number of hydrogen-bond donors (Lipinski definition) is 3. The molecule has 4 aromatic rings. The number of nitrogens with zero attached hydrogens (tertiary/aromatic N) is 1. The van der Waals surface area contributed by atoms with Crippen LogP contribution in [0.15, 0.2) is 109 Å². The van der Waals surface area contributed by atoms with Gasteiger partial charge >= 0.3 is 18.2 Å². The maximum absolute atomic E-state index is 14.3. The Morgan fingerprint density at radius 1 is 0.673 bits per heavy atom. The van der Waals surface area contributed by atoms with E-state index in [-0.39, 0.29) is 32.7 Å². The standard InChI is InChI=1S/C41H48N4O7/c1-5-50-35-22-20-31(21-23-35)26-36(44-40(49)51-29-34-14-10-7-11-15-34)37(46)45(25-24-30-12-8-6-9-13-30)38(47)42-27-32-16-18-33(19-17-32)28-43-39(48)52-41(2,3)4/h6-23,36H,5,24-29H2,1-4H3,(H,42,47)(H,43,48)(H,44,49)/t36-/m1/s1. The first-order valence-electron chi connectivity index (χ1n) is 17.4. The zero-order chi connectivity index (χ0) is 37.3. The van der Waals surface area contributed by atoms with E-state index in [9.17, 15) is 19.2 Å². The molecular formula is C41H48N4O7. The third kappa shape index (κ3) is 13.5. The lowest BCUT2D eigenvalue weighted by Gasteiger charge is -2.27. The Morgan fingerprint density at radius 3 is 1.81 bits per heavy atom. The van der Waals surface area contributed by atoms with Crippen molar-refractivity contribution in [1.82, 2.24) is 20.9 Å². The van der Waals surface area contributed by atoms with E-state index in [1.807, 2.05) is 104 Å². The normalized spacial score (nSPS) is 11.5. The van der Waals surface area contributed by atoms with Gasteiger partial charge < -0.3 is 30.2 Å². The molecule has 0 aliphatic heterocycles. The Labute approximate surface area is 305 Å². The number of hydrogen-bond acceptors (Lipinski definition) is 7. The van der Waals surface area contributed by atoms with Gasteiger partial charge in [-0.1, -0.05) is 97.1 Å². The summed E-state index contributed by atoms with van der Waals surface area (Å²) >= 11 is 0. The van der Waals surface area contributed by atoms with E-state index >= 15 is 0 Å². The van der Waals surface area contributed by atoms with Crippen LogP contribution in [0, 0.1) is 0 Å². The van der Waals surface area contributed by atoms with Crippen LogP contribution >= 0.6 is 0 Å². The van der Waals surface area contributed by atoms with Gasteiger partial charge in [0.1, 0.15) is 24.0 Å². The molecule has 0 aliphatic carbocycles. The summed E-state index contributed by atoms with van der Waals surface area (Å²) in [6.45, 7) is 8.31. The van der Waals surface area contributed by atoms with Crippen molar-refractivity contribution >= 4 is 24.1 Å². The topological polar surface area (TPSA) is 135 Å². The second kappa shape index (κ2) is 19.5. The van der Waals surface area contributed by atoms with Crippen LogP contribution in [-0.2, 0) is 46.8 Å². The second-order valence-corrected chi connectivity index (χ2v) is 13.1. The summed E-state index contributed by atoms with van der Waals surface area (Å²) in [5.41, 5.74) is 3.54. The van der Waals surface area contributed by atoms with Crippen molar-refractivity contribution in [2.75, 3.05) is 13.2 Å². The largest absolute Gasteiger partial charge is 0.494 e. The van der Waals surface area contributed by atoms with Crippen LogP contribution in [0.25, 0.3) is 0 Å². The molecule has 4 aromatic carbocycles. The molecule has 274 valence electrons. The minimum Gasteiger partial charge on any atom is -0.494 e. The lowest BCUT2D eigenvalue weighted by molar-refractivity contribution is -0.130. The van der Waals surface area contributed by atoms with Crippen molar-refractivity contribution in [3.8, 4) is 5.75 Å². The predicted molar refractivity (Wildman–Crippen MR) is 198 cm³/mol. The van der Waals surface area contributed by atoms with Crippen LogP contribution in [0.2, 0.25) is 0 Å². The average Bonchev–Trinajstić information content (AvgIpc) is 3.13. The monoisotopic (exact) mass is 708 g/mol. The molecule has 0 saturated heterocycles. The van der Waals surface area contributed by atoms with Gasteiger partial charge in [0.05, 0.1) is 6.61 Å². The molecule has 0 saturated carbocycles. The first-order valence-corrected chi connectivity index (χ1v) is 17.4. The van der Waals surface area contributed by atoms with E-state index in [4.69, 9.17) is 14.2 Å². The average molecular weight is 709 g/mol. The number of ether oxygens (including phenoxy) is 3. The Bertz CT molecular complexity index is 1730. The van der Waals surface area contributed by atoms with Gasteiger partial charge in [-0.15, -0.1) is 0 Å². The summed E-state index contributed by atoms with van der Waals surface area (Å²) < 4.78 is 16.3. The molecule has 1 atom stereocenters. The maximum Gasteiger partial charge on any atom is 0.408 e. The number of carbonyl (C=O) groups excluding carboxylic acids is 4. The fraction of sp³-hybridized carbons (Fsp3) is 0.317. The number of imide groups is 1. The number of alkyl carbamates (subject to hydrolysis) is 2. The lowest BCUT2D eigenvalue weighted by Crippen LogP contribution is -2.54. The quantitative estimate of drug-likeness (QED) is 0.122. The number of benzene rings is 4. The van der Waals surface area contributed by atoms with Crippen molar-refractivity contribution in [2.24, 2.45) is 0 Å². The predicted octanol–water partition coefficient (Wildman–Crippen LogP) is 6.93. The lowest BCUT2D eigenvalue weighted by atomic mass is 10.0. The number of amides is 5. The number of urea groups is 1. The fourth-order valence-corrected chi connectivity index (χ4v) is 5.15. The van der Waals surface area contributed by atoms with Crippen LogP contribution in [0.1, 0.15) is 55.5 Å². The zero-order valence-electron chi connectivity index (χ0n) is 30.2. The molecule has 0 aliphatic rings. The van der Waals surface area contributed by atoms with Crippen LogP contribution in [0.5, 0.6) is 5.75 Å². The minimum absolute atomic E-state index is 0.0186. The van der Waals surface area contributed by atoms with Gasteiger partial charge in [-0.2, -0.15) is 0 Å². The van der Waals surface area contributed by atoms with Crippen LogP contribution in [-0.4, -0.2) is 53.8 Å². The molecule has 5 amide bonds. The summed E-state index contributed by atoms with van der Waals surface area (Å²) in [4.78, 5) is 54.3. The highest BCUT2D eigenvalue weighted by Gasteiger charge is 2.31. The summed E-state index contributed by atoms with van der Waals surface area (Å²) in [7, 11) is 0. The van der Waals surface area contributed by atoms with Crippen LogP contribution < -0.4 is 20.7 Å². The number of rotatable bonds is 15. The molecule has 0 fully saturated rings. The molecule has 52 heavy (non-hydrogen) atoms.